The molecule has 0 heterocycles. The van der Waals surface area contributed by atoms with Crippen molar-refractivity contribution in [3.63, 3.8) is 0 Å². The van der Waals surface area contributed by atoms with Crippen molar-refractivity contribution in [2.45, 2.75) is 6.42 Å². The quantitative estimate of drug-likeness (QED) is 0.656. The molecule has 0 aliphatic carbocycles. The number of benzene rings is 2. The van der Waals surface area contributed by atoms with Gasteiger partial charge in [-0.25, -0.2) is 0 Å². The maximum absolute atomic E-state index is 12.2. The molecule has 0 radical (unpaired) electrons. The molecule has 0 fully saturated rings. The summed E-state index contributed by atoms with van der Waals surface area (Å²) in [5, 5.41) is 5.53. The molecule has 0 atom stereocenters. The molecule has 0 saturated heterocycles. The van der Waals surface area contributed by atoms with Crippen molar-refractivity contribution < 1.29 is 23.8 Å². The van der Waals surface area contributed by atoms with Gasteiger partial charge < -0.3 is 24.8 Å². The monoisotopic (exact) mass is 372 g/mol. The summed E-state index contributed by atoms with van der Waals surface area (Å²) in [6, 6.07) is 12.3. The van der Waals surface area contributed by atoms with Crippen LogP contribution in [0.2, 0.25) is 0 Å². The van der Waals surface area contributed by atoms with Crippen LogP contribution in [-0.2, 0) is 11.2 Å². The highest BCUT2D eigenvalue weighted by atomic mass is 16.5. The third-order valence-electron chi connectivity index (χ3n) is 3.90. The molecule has 2 amide bonds. The summed E-state index contributed by atoms with van der Waals surface area (Å²) in [6.07, 6.45) is 0.209. The molecule has 0 unspecified atom stereocenters. The van der Waals surface area contributed by atoms with Gasteiger partial charge in [0.2, 0.25) is 5.91 Å². The van der Waals surface area contributed by atoms with E-state index >= 15 is 0 Å². The first-order valence-electron chi connectivity index (χ1n) is 8.47. The van der Waals surface area contributed by atoms with Crippen LogP contribution in [0.4, 0.5) is 0 Å². The van der Waals surface area contributed by atoms with Crippen molar-refractivity contribution in [1.29, 1.82) is 0 Å². The molecule has 144 valence electrons. The van der Waals surface area contributed by atoms with E-state index in [1.807, 2.05) is 6.07 Å². The van der Waals surface area contributed by atoms with Crippen LogP contribution in [0.15, 0.2) is 42.5 Å². The van der Waals surface area contributed by atoms with Gasteiger partial charge in [0.15, 0.2) is 11.5 Å². The van der Waals surface area contributed by atoms with E-state index in [2.05, 4.69) is 10.6 Å². The minimum absolute atomic E-state index is 0.145. The maximum atomic E-state index is 12.2. The minimum atomic E-state index is -0.249. The summed E-state index contributed by atoms with van der Waals surface area (Å²) in [6.45, 7) is 0.640. The molecule has 0 spiro atoms. The molecule has 0 aliphatic rings. The Hall–Kier alpha value is -3.22. The number of rotatable bonds is 9. The van der Waals surface area contributed by atoms with Crippen molar-refractivity contribution in [1.82, 2.24) is 10.6 Å². The zero-order valence-electron chi connectivity index (χ0n) is 15.7. The largest absolute Gasteiger partial charge is 0.496 e. The molecule has 0 saturated carbocycles. The second-order valence-electron chi connectivity index (χ2n) is 5.67. The van der Waals surface area contributed by atoms with E-state index in [1.165, 1.54) is 7.11 Å². The van der Waals surface area contributed by atoms with Crippen LogP contribution >= 0.6 is 0 Å². The minimum Gasteiger partial charge on any atom is -0.496 e. The van der Waals surface area contributed by atoms with Crippen LogP contribution in [0, 0.1) is 0 Å². The average Bonchev–Trinajstić information content (AvgIpc) is 2.70. The van der Waals surface area contributed by atoms with Gasteiger partial charge in [0.1, 0.15) is 5.75 Å². The van der Waals surface area contributed by atoms with Crippen molar-refractivity contribution in [2.75, 3.05) is 34.4 Å². The predicted molar refractivity (Wildman–Crippen MR) is 102 cm³/mol. The van der Waals surface area contributed by atoms with Gasteiger partial charge in [-0.3, -0.25) is 9.59 Å². The first-order chi connectivity index (χ1) is 13.1. The highest BCUT2D eigenvalue weighted by Gasteiger charge is 2.11. The third kappa shape index (κ3) is 5.64. The van der Waals surface area contributed by atoms with Crippen LogP contribution in [0.25, 0.3) is 0 Å². The van der Waals surface area contributed by atoms with E-state index in [0.29, 0.717) is 35.9 Å². The van der Waals surface area contributed by atoms with Crippen LogP contribution < -0.4 is 24.8 Å². The van der Waals surface area contributed by atoms with Gasteiger partial charge in [-0.05, 0) is 29.8 Å². The predicted octanol–water partition coefficient (Wildman–Crippen LogP) is 1.80. The van der Waals surface area contributed by atoms with Crippen molar-refractivity contribution >= 4 is 11.8 Å². The standard InChI is InChI=1S/C20H24N2O5/c1-25-16-7-5-4-6-15(16)20(24)22-11-10-21-19(23)13-14-8-9-17(26-2)18(12-14)27-3/h4-9,12H,10-11,13H2,1-3H3,(H,21,23)(H,22,24). The SMILES string of the molecule is COc1ccc(CC(=O)NCCNC(=O)c2ccccc2OC)cc1OC. The Morgan fingerprint density at radius 1 is 0.815 bits per heavy atom. The molecule has 2 N–H and O–H groups in total. The van der Waals surface area contributed by atoms with E-state index in [1.54, 1.807) is 50.6 Å². The fourth-order valence-electron chi connectivity index (χ4n) is 2.54. The van der Waals surface area contributed by atoms with Crippen LogP contribution in [0.3, 0.4) is 0 Å². The second-order valence-corrected chi connectivity index (χ2v) is 5.67. The lowest BCUT2D eigenvalue weighted by atomic mass is 10.1. The summed E-state index contributed by atoms with van der Waals surface area (Å²) >= 11 is 0. The van der Waals surface area contributed by atoms with Gasteiger partial charge in [-0.1, -0.05) is 18.2 Å². The Morgan fingerprint density at radius 3 is 2.19 bits per heavy atom. The zero-order valence-corrected chi connectivity index (χ0v) is 15.7. The summed E-state index contributed by atoms with van der Waals surface area (Å²) in [5.74, 6) is 1.30. The van der Waals surface area contributed by atoms with Gasteiger partial charge >= 0.3 is 0 Å². The molecule has 0 bridgehead atoms. The smallest absolute Gasteiger partial charge is 0.255 e. The highest BCUT2D eigenvalue weighted by molar-refractivity contribution is 5.96. The lowest BCUT2D eigenvalue weighted by Gasteiger charge is -2.11. The van der Waals surface area contributed by atoms with Crippen molar-refractivity contribution in [2.24, 2.45) is 0 Å². The van der Waals surface area contributed by atoms with Crippen molar-refractivity contribution in [3.05, 3.63) is 53.6 Å². The van der Waals surface area contributed by atoms with E-state index in [9.17, 15) is 9.59 Å². The molecule has 2 rings (SSSR count). The molecule has 2 aromatic rings. The Kier molecular flexibility index (Phi) is 7.49. The Morgan fingerprint density at radius 2 is 1.48 bits per heavy atom. The number of methoxy groups -OCH3 is 3. The second kappa shape index (κ2) is 10.1. The number of amides is 2. The lowest BCUT2D eigenvalue weighted by molar-refractivity contribution is -0.120. The highest BCUT2D eigenvalue weighted by Crippen LogP contribution is 2.27. The zero-order chi connectivity index (χ0) is 19.6. The molecular weight excluding hydrogens is 348 g/mol. The number of para-hydroxylation sites is 1. The molecular formula is C20H24N2O5. The first-order valence-corrected chi connectivity index (χ1v) is 8.47. The van der Waals surface area contributed by atoms with Crippen LogP contribution in [-0.4, -0.2) is 46.2 Å². The molecule has 7 heteroatoms. The Bertz CT molecular complexity index is 792. The van der Waals surface area contributed by atoms with Crippen molar-refractivity contribution in [3.8, 4) is 17.2 Å². The molecule has 27 heavy (non-hydrogen) atoms. The normalized spacial score (nSPS) is 10.0. The number of carbonyl (C=O) groups excluding carboxylic acids is 2. The summed E-state index contributed by atoms with van der Waals surface area (Å²) in [4.78, 5) is 24.2. The number of nitrogens with one attached hydrogen (secondary N) is 2. The number of ether oxygens (including phenoxy) is 3. The number of hydrogen-bond acceptors (Lipinski definition) is 5. The number of carbonyl (C=O) groups is 2. The third-order valence-corrected chi connectivity index (χ3v) is 3.90. The first kappa shape index (κ1) is 20.1. The van der Waals surface area contributed by atoms with E-state index in [4.69, 9.17) is 14.2 Å². The Labute approximate surface area is 158 Å². The lowest BCUT2D eigenvalue weighted by Crippen LogP contribution is -2.35. The topological polar surface area (TPSA) is 85.9 Å². The molecule has 0 aliphatic heterocycles. The van der Waals surface area contributed by atoms with Crippen LogP contribution in [0.1, 0.15) is 15.9 Å². The van der Waals surface area contributed by atoms with E-state index < -0.39 is 0 Å². The Balaban J connectivity index is 1.78. The van der Waals surface area contributed by atoms with Gasteiger partial charge in [0, 0.05) is 13.1 Å². The van der Waals surface area contributed by atoms with Gasteiger partial charge in [0.05, 0.1) is 33.3 Å². The number of hydrogen-bond donors (Lipinski definition) is 2. The van der Waals surface area contributed by atoms with Gasteiger partial charge in [-0.15, -0.1) is 0 Å². The molecule has 0 aromatic heterocycles. The summed E-state index contributed by atoms with van der Waals surface area (Å²) in [5.41, 5.74) is 1.26. The average molecular weight is 372 g/mol. The fraction of sp³-hybridized carbons (Fsp3) is 0.300. The van der Waals surface area contributed by atoms with Gasteiger partial charge in [0.25, 0.3) is 5.91 Å². The maximum Gasteiger partial charge on any atom is 0.255 e. The summed E-state index contributed by atoms with van der Waals surface area (Å²) < 4.78 is 15.6. The molecule has 2 aromatic carbocycles. The summed E-state index contributed by atoms with van der Waals surface area (Å²) in [7, 11) is 4.62. The fourth-order valence-corrected chi connectivity index (χ4v) is 2.54. The van der Waals surface area contributed by atoms with E-state index in [-0.39, 0.29) is 18.2 Å². The molecule has 7 nitrogen and oxygen atoms in total. The van der Waals surface area contributed by atoms with Gasteiger partial charge in [-0.2, -0.15) is 0 Å². The van der Waals surface area contributed by atoms with E-state index in [0.717, 1.165) is 5.56 Å². The van der Waals surface area contributed by atoms with Crippen LogP contribution in [0.5, 0.6) is 17.2 Å².